The number of rotatable bonds is 4. The Bertz CT molecular complexity index is 1190. The van der Waals surface area contributed by atoms with Crippen molar-refractivity contribution in [3.63, 3.8) is 0 Å². The van der Waals surface area contributed by atoms with Gasteiger partial charge in [0.1, 0.15) is 5.58 Å². The van der Waals surface area contributed by atoms with Crippen molar-refractivity contribution in [3.8, 4) is 0 Å². The maximum absolute atomic E-state index is 12.3. The number of nitrogens with zero attached hydrogens (tertiary/aromatic N) is 2. The van der Waals surface area contributed by atoms with E-state index >= 15 is 0 Å². The summed E-state index contributed by atoms with van der Waals surface area (Å²) in [4.78, 5) is 22.4. The van der Waals surface area contributed by atoms with Crippen molar-refractivity contribution in [1.29, 1.82) is 0 Å². The molecule has 1 aromatic heterocycles. The topological polar surface area (TPSA) is 97.7 Å². The number of nitrogens with one attached hydrogen (secondary N) is 1. The predicted molar refractivity (Wildman–Crippen MR) is 102 cm³/mol. The van der Waals surface area contributed by atoms with Crippen LogP contribution in [-0.4, -0.2) is 17.0 Å². The number of fused-ring (bicyclic) bond motifs is 3. The summed E-state index contributed by atoms with van der Waals surface area (Å²) >= 11 is 0. The van der Waals surface area contributed by atoms with Crippen LogP contribution >= 0.6 is 0 Å². The van der Waals surface area contributed by atoms with Gasteiger partial charge in [-0.2, -0.15) is 5.10 Å². The number of amides is 1. The first-order valence-corrected chi connectivity index (χ1v) is 8.11. The quantitative estimate of drug-likeness (QED) is 0.334. The molecule has 0 aliphatic rings. The van der Waals surface area contributed by atoms with Crippen molar-refractivity contribution >= 4 is 39.6 Å². The average molecular weight is 359 g/mol. The molecule has 0 aliphatic heterocycles. The molecule has 0 fully saturated rings. The molecule has 7 heteroatoms. The van der Waals surface area contributed by atoms with Gasteiger partial charge in [0.2, 0.25) is 0 Å². The Labute approximate surface area is 153 Å². The average Bonchev–Trinajstić information content (AvgIpc) is 3.13. The van der Waals surface area contributed by atoms with Crippen LogP contribution in [0, 0.1) is 10.1 Å². The first-order chi connectivity index (χ1) is 13.1. The van der Waals surface area contributed by atoms with Crippen LogP contribution in [0.2, 0.25) is 0 Å². The molecule has 1 amide bonds. The molecule has 0 spiro atoms. The minimum Gasteiger partial charge on any atom is -0.451 e. The molecule has 4 aromatic rings. The molecule has 1 N–H and O–H groups in total. The SMILES string of the molecule is O=C(N/N=C/c1ccc([N+](=O)[O-])cc1)c1cc2c(ccc3ccccc32)o1. The first kappa shape index (κ1) is 16.5. The van der Waals surface area contributed by atoms with E-state index in [9.17, 15) is 14.9 Å². The summed E-state index contributed by atoms with van der Waals surface area (Å²) in [5, 5.41) is 17.4. The summed E-state index contributed by atoms with van der Waals surface area (Å²) in [6, 6.07) is 19.1. The van der Waals surface area contributed by atoms with E-state index in [0.717, 1.165) is 16.2 Å². The number of non-ortho nitro benzene ring substituents is 1. The fraction of sp³-hybridized carbons (Fsp3) is 0. The highest BCUT2D eigenvalue weighted by molar-refractivity contribution is 6.08. The largest absolute Gasteiger partial charge is 0.451 e. The molecule has 4 rings (SSSR count). The smallest absolute Gasteiger partial charge is 0.307 e. The third kappa shape index (κ3) is 3.25. The molecule has 0 saturated heterocycles. The van der Waals surface area contributed by atoms with Crippen molar-refractivity contribution in [1.82, 2.24) is 5.43 Å². The lowest BCUT2D eigenvalue weighted by Crippen LogP contribution is -2.16. The summed E-state index contributed by atoms with van der Waals surface area (Å²) in [5.41, 5.74) is 3.63. The number of benzene rings is 3. The van der Waals surface area contributed by atoms with Crippen LogP contribution in [-0.2, 0) is 0 Å². The minimum absolute atomic E-state index is 0.00862. The van der Waals surface area contributed by atoms with Gasteiger partial charge in [-0.05, 0) is 40.6 Å². The highest BCUT2D eigenvalue weighted by atomic mass is 16.6. The van der Waals surface area contributed by atoms with Gasteiger partial charge in [-0.15, -0.1) is 0 Å². The second-order valence-electron chi connectivity index (χ2n) is 5.86. The van der Waals surface area contributed by atoms with Crippen molar-refractivity contribution in [2.24, 2.45) is 5.10 Å². The lowest BCUT2D eigenvalue weighted by Gasteiger charge is -1.96. The minimum atomic E-state index is -0.478. The lowest BCUT2D eigenvalue weighted by atomic mass is 10.1. The summed E-state index contributed by atoms with van der Waals surface area (Å²) in [6.45, 7) is 0. The third-order valence-corrected chi connectivity index (χ3v) is 4.13. The van der Waals surface area contributed by atoms with Crippen LogP contribution in [0.25, 0.3) is 21.7 Å². The molecule has 27 heavy (non-hydrogen) atoms. The molecule has 1 heterocycles. The zero-order chi connectivity index (χ0) is 18.8. The van der Waals surface area contributed by atoms with E-state index in [1.807, 2.05) is 36.4 Å². The van der Waals surface area contributed by atoms with Gasteiger partial charge in [-0.25, -0.2) is 5.43 Å². The van der Waals surface area contributed by atoms with Crippen molar-refractivity contribution < 1.29 is 14.1 Å². The zero-order valence-corrected chi connectivity index (χ0v) is 14.0. The molecule has 0 atom stereocenters. The second-order valence-corrected chi connectivity index (χ2v) is 5.86. The second kappa shape index (κ2) is 6.72. The van der Waals surface area contributed by atoms with Crippen LogP contribution in [0.3, 0.4) is 0 Å². The highest BCUT2D eigenvalue weighted by Crippen LogP contribution is 2.28. The van der Waals surface area contributed by atoms with Crippen molar-refractivity contribution in [2.45, 2.75) is 0 Å². The van der Waals surface area contributed by atoms with Crippen molar-refractivity contribution in [2.75, 3.05) is 0 Å². The van der Waals surface area contributed by atoms with Crippen LogP contribution in [0.5, 0.6) is 0 Å². The standard InChI is InChI=1S/C20H13N3O4/c24-20(22-21-12-13-5-8-15(9-6-13)23(25)26)19-11-17-16-4-2-1-3-14(16)7-10-18(17)27-19/h1-12H,(H,22,24)/b21-12+. The van der Waals surface area contributed by atoms with Crippen LogP contribution < -0.4 is 5.43 Å². The van der Waals surface area contributed by atoms with Gasteiger partial charge in [0.25, 0.3) is 5.69 Å². The van der Waals surface area contributed by atoms with Gasteiger partial charge in [0.05, 0.1) is 11.1 Å². The number of nitro groups is 1. The van der Waals surface area contributed by atoms with E-state index in [-0.39, 0.29) is 11.4 Å². The van der Waals surface area contributed by atoms with E-state index in [4.69, 9.17) is 4.42 Å². The maximum Gasteiger partial charge on any atom is 0.307 e. The van der Waals surface area contributed by atoms with Gasteiger partial charge < -0.3 is 4.42 Å². The van der Waals surface area contributed by atoms with Crippen molar-refractivity contribution in [3.05, 3.63) is 88.2 Å². The highest BCUT2D eigenvalue weighted by Gasteiger charge is 2.13. The Morgan fingerprint density at radius 1 is 1.04 bits per heavy atom. The molecule has 132 valence electrons. The number of hydrogen-bond acceptors (Lipinski definition) is 5. The van der Waals surface area contributed by atoms with Gasteiger partial charge in [-0.3, -0.25) is 14.9 Å². The van der Waals surface area contributed by atoms with Crippen LogP contribution in [0.4, 0.5) is 5.69 Å². The fourth-order valence-electron chi connectivity index (χ4n) is 2.81. The predicted octanol–water partition coefficient (Wildman–Crippen LogP) is 4.26. The Morgan fingerprint density at radius 3 is 2.59 bits per heavy atom. The van der Waals surface area contributed by atoms with Gasteiger partial charge in [0, 0.05) is 17.5 Å². The fourth-order valence-corrected chi connectivity index (χ4v) is 2.81. The number of nitro benzene ring substituents is 1. The molecule has 0 aliphatic carbocycles. The van der Waals surface area contributed by atoms with E-state index in [0.29, 0.717) is 11.1 Å². The number of hydrogen-bond donors (Lipinski definition) is 1. The summed E-state index contributed by atoms with van der Waals surface area (Å²) < 4.78 is 5.62. The third-order valence-electron chi connectivity index (χ3n) is 4.13. The summed E-state index contributed by atoms with van der Waals surface area (Å²) in [6.07, 6.45) is 1.40. The molecular formula is C20H13N3O4. The normalized spacial score (nSPS) is 11.3. The maximum atomic E-state index is 12.3. The number of carbonyl (C=O) groups excluding carboxylic acids is 1. The summed E-state index contributed by atoms with van der Waals surface area (Å²) in [7, 11) is 0. The molecule has 7 nitrogen and oxygen atoms in total. The Kier molecular flexibility index (Phi) is 4.10. The Balaban J connectivity index is 1.52. The molecule has 0 bridgehead atoms. The van der Waals surface area contributed by atoms with E-state index in [1.54, 1.807) is 18.2 Å². The van der Waals surface area contributed by atoms with Gasteiger partial charge in [0.15, 0.2) is 5.76 Å². The Morgan fingerprint density at radius 2 is 1.81 bits per heavy atom. The van der Waals surface area contributed by atoms with Crippen LogP contribution in [0.15, 0.2) is 76.2 Å². The molecular weight excluding hydrogens is 346 g/mol. The molecule has 3 aromatic carbocycles. The Hall–Kier alpha value is -4.00. The molecule has 0 radical (unpaired) electrons. The lowest BCUT2D eigenvalue weighted by molar-refractivity contribution is -0.384. The van der Waals surface area contributed by atoms with E-state index in [2.05, 4.69) is 10.5 Å². The zero-order valence-electron chi connectivity index (χ0n) is 14.0. The van der Waals surface area contributed by atoms with E-state index < -0.39 is 10.8 Å². The summed E-state index contributed by atoms with van der Waals surface area (Å²) in [5.74, 6) is -0.323. The van der Waals surface area contributed by atoms with Gasteiger partial charge in [-0.1, -0.05) is 30.3 Å². The van der Waals surface area contributed by atoms with E-state index in [1.165, 1.54) is 18.3 Å². The van der Waals surface area contributed by atoms with Gasteiger partial charge >= 0.3 is 5.91 Å². The first-order valence-electron chi connectivity index (χ1n) is 8.11. The number of hydrazone groups is 1. The monoisotopic (exact) mass is 359 g/mol. The molecule has 0 saturated carbocycles. The molecule has 0 unspecified atom stereocenters. The number of furan rings is 1. The number of carbonyl (C=O) groups is 1. The van der Waals surface area contributed by atoms with Crippen LogP contribution in [0.1, 0.15) is 16.1 Å².